The molecule has 3 N–H and O–H groups in total. The number of rotatable bonds is 2. The highest BCUT2D eigenvalue weighted by atomic mass is 79.9. The SMILES string of the molecule is Cc1cc(F)c(Br)cc1Nc1ccc(N)cc1C#N. The summed E-state index contributed by atoms with van der Waals surface area (Å²) in [7, 11) is 0. The fourth-order valence-corrected chi connectivity index (χ4v) is 2.03. The molecule has 0 aliphatic carbocycles. The second-order valence-corrected chi connectivity index (χ2v) is 4.98. The summed E-state index contributed by atoms with van der Waals surface area (Å²) in [6, 6.07) is 10.2. The first-order valence-electron chi connectivity index (χ1n) is 5.53. The van der Waals surface area contributed by atoms with E-state index in [4.69, 9.17) is 11.0 Å². The van der Waals surface area contributed by atoms with E-state index < -0.39 is 0 Å². The van der Waals surface area contributed by atoms with E-state index in [-0.39, 0.29) is 5.82 Å². The average Bonchev–Trinajstić information content (AvgIpc) is 2.37. The maximum Gasteiger partial charge on any atom is 0.137 e. The van der Waals surface area contributed by atoms with Crippen molar-refractivity contribution in [2.24, 2.45) is 0 Å². The third kappa shape index (κ3) is 2.85. The molecule has 96 valence electrons. The number of nitrogens with zero attached hydrogens (tertiary/aromatic N) is 1. The molecule has 0 bridgehead atoms. The molecule has 0 fully saturated rings. The maximum atomic E-state index is 13.4. The molecule has 0 aromatic heterocycles. The van der Waals surface area contributed by atoms with Crippen molar-refractivity contribution in [3.05, 3.63) is 51.7 Å². The Kier molecular flexibility index (Phi) is 3.72. The summed E-state index contributed by atoms with van der Waals surface area (Å²) in [6.45, 7) is 1.79. The Morgan fingerprint density at radius 1 is 1.26 bits per heavy atom. The fourth-order valence-electron chi connectivity index (χ4n) is 1.69. The Morgan fingerprint density at radius 2 is 2.00 bits per heavy atom. The van der Waals surface area contributed by atoms with Crippen molar-refractivity contribution in [3.63, 3.8) is 0 Å². The standard InChI is InChI=1S/C14H11BrFN3/c1-8-4-12(16)11(15)6-14(8)19-13-3-2-10(18)5-9(13)7-17/h2-6,19H,18H2,1H3. The van der Waals surface area contributed by atoms with Gasteiger partial charge in [0.15, 0.2) is 0 Å². The largest absolute Gasteiger partial charge is 0.399 e. The number of nitrogens with one attached hydrogen (secondary N) is 1. The van der Waals surface area contributed by atoms with Crippen LogP contribution in [0.1, 0.15) is 11.1 Å². The third-order valence-electron chi connectivity index (χ3n) is 2.70. The molecule has 2 rings (SSSR count). The number of anilines is 3. The molecule has 0 saturated carbocycles. The van der Waals surface area contributed by atoms with Crippen LogP contribution in [-0.4, -0.2) is 0 Å². The number of aryl methyl sites for hydroxylation is 1. The molecular formula is C14H11BrFN3. The minimum Gasteiger partial charge on any atom is -0.399 e. The van der Waals surface area contributed by atoms with Crippen molar-refractivity contribution < 1.29 is 4.39 Å². The van der Waals surface area contributed by atoms with Crippen LogP contribution in [-0.2, 0) is 0 Å². The van der Waals surface area contributed by atoms with Gasteiger partial charge in [-0.1, -0.05) is 0 Å². The molecule has 0 amide bonds. The van der Waals surface area contributed by atoms with Gasteiger partial charge in [-0.3, -0.25) is 0 Å². The molecule has 0 spiro atoms. The van der Waals surface area contributed by atoms with E-state index in [1.54, 1.807) is 31.2 Å². The van der Waals surface area contributed by atoms with Crippen LogP contribution >= 0.6 is 15.9 Å². The summed E-state index contributed by atoms with van der Waals surface area (Å²) in [5.41, 5.74) is 8.73. The van der Waals surface area contributed by atoms with E-state index >= 15 is 0 Å². The van der Waals surface area contributed by atoms with Crippen molar-refractivity contribution in [3.8, 4) is 6.07 Å². The lowest BCUT2D eigenvalue weighted by atomic mass is 10.1. The van der Waals surface area contributed by atoms with Gasteiger partial charge in [0.1, 0.15) is 11.9 Å². The van der Waals surface area contributed by atoms with Crippen molar-refractivity contribution in [2.45, 2.75) is 6.92 Å². The van der Waals surface area contributed by atoms with Gasteiger partial charge >= 0.3 is 0 Å². The van der Waals surface area contributed by atoms with Crippen LogP contribution in [0.5, 0.6) is 0 Å². The first-order valence-corrected chi connectivity index (χ1v) is 6.33. The van der Waals surface area contributed by atoms with E-state index in [1.807, 2.05) is 0 Å². The summed E-state index contributed by atoms with van der Waals surface area (Å²) < 4.78 is 13.7. The van der Waals surface area contributed by atoms with Crippen LogP contribution in [0, 0.1) is 24.1 Å². The van der Waals surface area contributed by atoms with Crippen molar-refractivity contribution in [1.82, 2.24) is 0 Å². The molecule has 5 heteroatoms. The van der Waals surface area contributed by atoms with Gasteiger partial charge < -0.3 is 11.1 Å². The molecule has 0 heterocycles. The number of nitrogens with two attached hydrogens (primary N) is 1. The average molecular weight is 320 g/mol. The Bertz CT molecular complexity index is 677. The fraction of sp³-hybridized carbons (Fsp3) is 0.0714. The highest BCUT2D eigenvalue weighted by Crippen LogP contribution is 2.28. The van der Waals surface area contributed by atoms with Crippen LogP contribution in [0.2, 0.25) is 0 Å². The van der Waals surface area contributed by atoms with Gasteiger partial charge in [-0.15, -0.1) is 0 Å². The highest BCUT2D eigenvalue weighted by molar-refractivity contribution is 9.10. The summed E-state index contributed by atoms with van der Waals surface area (Å²) in [4.78, 5) is 0. The number of nitrogen functional groups attached to an aromatic ring is 1. The lowest BCUT2D eigenvalue weighted by Gasteiger charge is -2.12. The van der Waals surface area contributed by atoms with Gasteiger partial charge in [0.25, 0.3) is 0 Å². The topological polar surface area (TPSA) is 61.8 Å². The van der Waals surface area contributed by atoms with Gasteiger partial charge in [-0.2, -0.15) is 5.26 Å². The number of benzene rings is 2. The van der Waals surface area contributed by atoms with Crippen LogP contribution in [0.3, 0.4) is 0 Å². The number of nitriles is 1. The van der Waals surface area contributed by atoms with Crippen LogP contribution in [0.15, 0.2) is 34.8 Å². The summed E-state index contributed by atoms with van der Waals surface area (Å²) in [5, 5.41) is 12.2. The monoisotopic (exact) mass is 319 g/mol. The van der Waals surface area contributed by atoms with E-state index in [0.717, 1.165) is 11.3 Å². The van der Waals surface area contributed by atoms with E-state index in [0.29, 0.717) is 21.4 Å². The summed E-state index contributed by atoms with van der Waals surface area (Å²) in [5.74, 6) is -0.319. The number of hydrogen-bond acceptors (Lipinski definition) is 3. The van der Waals surface area contributed by atoms with Crippen LogP contribution in [0.25, 0.3) is 0 Å². The lowest BCUT2D eigenvalue weighted by molar-refractivity contribution is 0.620. The quantitative estimate of drug-likeness (QED) is 0.819. The molecule has 0 aliphatic heterocycles. The Morgan fingerprint density at radius 3 is 2.68 bits per heavy atom. The van der Waals surface area contributed by atoms with Gasteiger partial charge in [0.2, 0.25) is 0 Å². The second kappa shape index (κ2) is 5.29. The normalized spacial score (nSPS) is 10.0. The third-order valence-corrected chi connectivity index (χ3v) is 3.31. The molecule has 0 atom stereocenters. The van der Waals surface area contributed by atoms with Crippen LogP contribution in [0.4, 0.5) is 21.5 Å². The minimum absolute atomic E-state index is 0.319. The minimum atomic E-state index is -0.319. The zero-order chi connectivity index (χ0) is 14.0. The molecule has 0 saturated heterocycles. The zero-order valence-corrected chi connectivity index (χ0v) is 11.8. The summed E-state index contributed by atoms with van der Waals surface area (Å²) in [6.07, 6.45) is 0. The predicted octanol–water partition coefficient (Wildman–Crippen LogP) is 4.09. The Hall–Kier alpha value is -2.06. The number of halogens is 2. The van der Waals surface area contributed by atoms with Gasteiger partial charge in [-0.05, 0) is 58.7 Å². The zero-order valence-electron chi connectivity index (χ0n) is 10.2. The van der Waals surface area contributed by atoms with E-state index in [2.05, 4.69) is 27.3 Å². The molecule has 0 radical (unpaired) electrons. The highest BCUT2D eigenvalue weighted by Gasteiger charge is 2.08. The number of hydrogen-bond donors (Lipinski definition) is 2. The molecular weight excluding hydrogens is 309 g/mol. The first kappa shape index (κ1) is 13.4. The summed E-state index contributed by atoms with van der Waals surface area (Å²) >= 11 is 3.14. The van der Waals surface area contributed by atoms with Crippen molar-refractivity contribution in [1.29, 1.82) is 5.26 Å². The Balaban J connectivity index is 2.42. The van der Waals surface area contributed by atoms with Gasteiger partial charge in [0, 0.05) is 11.4 Å². The van der Waals surface area contributed by atoms with Gasteiger partial charge in [0.05, 0.1) is 15.7 Å². The van der Waals surface area contributed by atoms with E-state index in [9.17, 15) is 4.39 Å². The van der Waals surface area contributed by atoms with Gasteiger partial charge in [-0.25, -0.2) is 4.39 Å². The molecule has 0 aliphatic rings. The molecule has 2 aromatic carbocycles. The second-order valence-electron chi connectivity index (χ2n) is 4.12. The molecule has 2 aromatic rings. The van der Waals surface area contributed by atoms with E-state index in [1.165, 1.54) is 6.07 Å². The maximum absolute atomic E-state index is 13.4. The van der Waals surface area contributed by atoms with Crippen molar-refractivity contribution in [2.75, 3.05) is 11.1 Å². The Labute approximate surface area is 119 Å². The predicted molar refractivity (Wildman–Crippen MR) is 77.7 cm³/mol. The molecule has 3 nitrogen and oxygen atoms in total. The lowest BCUT2D eigenvalue weighted by Crippen LogP contribution is -1.98. The smallest absolute Gasteiger partial charge is 0.137 e. The van der Waals surface area contributed by atoms with Crippen LogP contribution < -0.4 is 11.1 Å². The molecule has 0 unspecified atom stereocenters. The molecule has 19 heavy (non-hydrogen) atoms. The van der Waals surface area contributed by atoms with Crippen molar-refractivity contribution >= 4 is 33.0 Å². The first-order chi connectivity index (χ1) is 9.01.